The number of rotatable bonds is 2. The van der Waals surface area contributed by atoms with Gasteiger partial charge in [-0.1, -0.05) is 11.6 Å². The predicted molar refractivity (Wildman–Crippen MR) is 68.0 cm³/mol. The molecule has 1 fully saturated rings. The molecule has 1 saturated heterocycles. The van der Waals surface area contributed by atoms with Crippen LogP contribution < -0.4 is 11.1 Å². The van der Waals surface area contributed by atoms with Crippen molar-refractivity contribution in [3.63, 3.8) is 0 Å². The highest BCUT2D eigenvalue weighted by atomic mass is 19.1. The summed E-state index contributed by atoms with van der Waals surface area (Å²) in [5.41, 5.74) is 6.04. The van der Waals surface area contributed by atoms with E-state index in [4.69, 9.17) is 5.73 Å². The number of benzene rings is 1. The third-order valence-electron chi connectivity index (χ3n) is 3.18. The second kappa shape index (κ2) is 5.36. The molecule has 0 aliphatic carbocycles. The highest BCUT2D eigenvalue weighted by Crippen LogP contribution is 2.15. The second-order valence-corrected chi connectivity index (χ2v) is 4.60. The van der Waals surface area contributed by atoms with Gasteiger partial charge in [0, 0.05) is 19.6 Å². The van der Waals surface area contributed by atoms with Crippen molar-refractivity contribution in [2.75, 3.05) is 19.6 Å². The van der Waals surface area contributed by atoms with Gasteiger partial charge < -0.3 is 16.0 Å². The van der Waals surface area contributed by atoms with Crippen LogP contribution in [0.5, 0.6) is 0 Å². The summed E-state index contributed by atoms with van der Waals surface area (Å²) in [6, 6.07) is 3.60. The number of aryl methyl sites for hydroxylation is 1. The van der Waals surface area contributed by atoms with Crippen LogP contribution in [0.1, 0.15) is 15.9 Å². The van der Waals surface area contributed by atoms with Gasteiger partial charge in [-0.25, -0.2) is 4.39 Å². The van der Waals surface area contributed by atoms with Gasteiger partial charge in [0.15, 0.2) is 0 Å². The monoisotopic (exact) mass is 265 g/mol. The summed E-state index contributed by atoms with van der Waals surface area (Å²) in [5, 5.41) is 2.99. The maximum absolute atomic E-state index is 13.7. The number of carbonyl (C=O) groups is 2. The number of piperazine rings is 1. The molecule has 0 radical (unpaired) electrons. The summed E-state index contributed by atoms with van der Waals surface area (Å²) >= 11 is 0. The molecule has 1 aliphatic rings. The molecule has 0 aromatic heterocycles. The van der Waals surface area contributed by atoms with E-state index in [0.29, 0.717) is 19.6 Å². The minimum atomic E-state index is -0.735. The first-order valence-corrected chi connectivity index (χ1v) is 6.08. The van der Waals surface area contributed by atoms with Gasteiger partial charge in [0.05, 0.1) is 5.56 Å². The third kappa shape index (κ3) is 2.73. The Morgan fingerprint density at radius 2 is 2.21 bits per heavy atom. The van der Waals surface area contributed by atoms with E-state index in [2.05, 4.69) is 5.32 Å². The molecular weight excluding hydrogens is 249 g/mol. The van der Waals surface area contributed by atoms with E-state index in [-0.39, 0.29) is 5.56 Å². The number of hydrogen-bond acceptors (Lipinski definition) is 3. The first kappa shape index (κ1) is 13.5. The maximum atomic E-state index is 13.7. The fourth-order valence-corrected chi connectivity index (χ4v) is 2.16. The lowest BCUT2D eigenvalue weighted by Crippen LogP contribution is -2.58. The Bertz CT molecular complexity index is 519. The molecule has 19 heavy (non-hydrogen) atoms. The number of hydrogen-bond donors (Lipinski definition) is 2. The van der Waals surface area contributed by atoms with Crippen LogP contribution in [0, 0.1) is 12.7 Å². The molecule has 0 saturated carbocycles. The summed E-state index contributed by atoms with van der Waals surface area (Å²) < 4.78 is 13.7. The normalized spacial score (nSPS) is 19.3. The van der Waals surface area contributed by atoms with E-state index < -0.39 is 23.7 Å². The minimum absolute atomic E-state index is 0.0202. The van der Waals surface area contributed by atoms with Crippen molar-refractivity contribution in [2.24, 2.45) is 5.73 Å². The number of halogens is 1. The van der Waals surface area contributed by atoms with E-state index in [9.17, 15) is 14.0 Å². The Hall–Kier alpha value is -1.95. The Labute approximate surface area is 110 Å². The number of amides is 2. The lowest BCUT2D eigenvalue weighted by Gasteiger charge is -2.34. The van der Waals surface area contributed by atoms with Crippen molar-refractivity contribution in [1.29, 1.82) is 0 Å². The lowest BCUT2D eigenvalue weighted by molar-refractivity contribution is -0.122. The molecule has 1 heterocycles. The number of nitrogens with zero attached hydrogens (tertiary/aromatic N) is 1. The van der Waals surface area contributed by atoms with Crippen molar-refractivity contribution in [3.8, 4) is 0 Å². The Balaban J connectivity index is 2.31. The molecule has 1 unspecified atom stereocenters. The highest BCUT2D eigenvalue weighted by Gasteiger charge is 2.32. The van der Waals surface area contributed by atoms with Crippen molar-refractivity contribution < 1.29 is 14.0 Å². The molecule has 2 rings (SSSR count). The molecule has 5 nitrogen and oxygen atoms in total. The molecule has 0 spiro atoms. The molecule has 2 amide bonds. The topological polar surface area (TPSA) is 75.4 Å². The van der Waals surface area contributed by atoms with Gasteiger partial charge in [-0.2, -0.15) is 0 Å². The average Bonchev–Trinajstić information content (AvgIpc) is 2.40. The largest absolute Gasteiger partial charge is 0.368 e. The molecule has 1 atom stereocenters. The number of carbonyl (C=O) groups excluding carboxylic acids is 2. The molecular formula is C13H16FN3O2. The van der Waals surface area contributed by atoms with Gasteiger partial charge in [0.25, 0.3) is 5.91 Å². The van der Waals surface area contributed by atoms with Crippen LogP contribution in [-0.2, 0) is 4.79 Å². The second-order valence-electron chi connectivity index (χ2n) is 4.60. The van der Waals surface area contributed by atoms with Crippen LogP contribution in [0.3, 0.4) is 0 Å². The fraction of sp³-hybridized carbons (Fsp3) is 0.385. The van der Waals surface area contributed by atoms with E-state index >= 15 is 0 Å². The standard InChI is InChI=1S/C13H16FN3O2/c1-8-2-3-10(14)9(6-8)13(19)17-5-4-16-7-11(17)12(15)18/h2-3,6,11,16H,4-5,7H2,1H3,(H2,15,18). The van der Waals surface area contributed by atoms with Crippen molar-refractivity contribution >= 4 is 11.8 Å². The molecule has 3 N–H and O–H groups in total. The molecule has 0 bridgehead atoms. The third-order valence-corrected chi connectivity index (χ3v) is 3.18. The van der Waals surface area contributed by atoms with Gasteiger partial charge in [0.2, 0.25) is 5.91 Å². The summed E-state index contributed by atoms with van der Waals surface area (Å²) in [5.74, 6) is -1.67. The van der Waals surface area contributed by atoms with Crippen molar-refractivity contribution in [3.05, 3.63) is 35.1 Å². The first-order valence-electron chi connectivity index (χ1n) is 6.08. The number of nitrogens with one attached hydrogen (secondary N) is 1. The van der Waals surface area contributed by atoms with E-state index in [0.717, 1.165) is 5.56 Å². The number of primary amides is 1. The van der Waals surface area contributed by atoms with Crippen LogP contribution in [0.2, 0.25) is 0 Å². The Morgan fingerprint density at radius 1 is 1.47 bits per heavy atom. The zero-order chi connectivity index (χ0) is 14.0. The van der Waals surface area contributed by atoms with Crippen molar-refractivity contribution in [1.82, 2.24) is 10.2 Å². The average molecular weight is 265 g/mol. The van der Waals surface area contributed by atoms with Gasteiger partial charge in [0.1, 0.15) is 11.9 Å². The van der Waals surface area contributed by atoms with Crippen LogP contribution in [0.25, 0.3) is 0 Å². The fourth-order valence-electron chi connectivity index (χ4n) is 2.16. The highest BCUT2D eigenvalue weighted by molar-refractivity contribution is 5.98. The quantitative estimate of drug-likeness (QED) is 0.792. The van der Waals surface area contributed by atoms with Crippen LogP contribution in [-0.4, -0.2) is 42.4 Å². The van der Waals surface area contributed by atoms with Gasteiger partial charge in [-0.15, -0.1) is 0 Å². The molecule has 1 aromatic rings. The van der Waals surface area contributed by atoms with E-state index in [1.807, 2.05) is 0 Å². The van der Waals surface area contributed by atoms with Gasteiger partial charge in [-0.05, 0) is 19.1 Å². The number of nitrogens with two attached hydrogens (primary N) is 1. The molecule has 6 heteroatoms. The first-order chi connectivity index (χ1) is 9.00. The molecule has 1 aromatic carbocycles. The van der Waals surface area contributed by atoms with Crippen LogP contribution in [0.15, 0.2) is 18.2 Å². The minimum Gasteiger partial charge on any atom is -0.368 e. The molecule has 102 valence electrons. The summed E-state index contributed by atoms with van der Waals surface area (Å²) in [6.07, 6.45) is 0. The smallest absolute Gasteiger partial charge is 0.257 e. The zero-order valence-electron chi connectivity index (χ0n) is 10.6. The van der Waals surface area contributed by atoms with Gasteiger partial charge in [-0.3, -0.25) is 9.59 Å². The summed E-state index contributed by atoms with van der Waals surface area (Å²) in [7, 11) is 0. The van der Waals surface area contributed by atoms with Crippen molar-refractivity contribution in [2.45, 2.75) is 13.0 Å². The zero-order valence-corrected chi connectivity index (χ0v) is 10.6. The van der Waals surface area contributed by atoms with Crippen LogP contribution >= 0.6 is 0 Å². The molecule has 1 aliphatic heterocycles. The van der Waals surface area contributed by atoms with E-state index in [1.54, 1.807) is 13.0 Å². The predicted octanol–water partition coefficient (Wildman–Crippen LogP) is 0.0334. The Morgan fingerprint density at radius 3 is 2.89 bits per heavy atom. The summed E-state index contributed by atoms with van der Waals surface area (Å²) in [4.78, 5) is 25.0. The Kier molecular flexibility index (Phi) is 3.80. The van der Waals surface area contributed by atoms with Gasteiger partial charge >= 0.3 is 0 Å². The van der Waals surface area contributed by atoms with E-state index in [1.165, 1.54) is 17.0 Å². The SMILES string of the molecule is Cc1ccc(F)c(C(=O)N2CCNCC2C(N)=O)c1. The lowest BCUT2D eigenvalue weighted by atomic mass is 10.1. The summed E-state index contributed by atoms with van der Waals surface area (Å²) in [6.45, 7) is 2.97. The maximum Gasteiger partial charge on any atom is 0.257 e. The van der Waals surface area contributed by atoms with Crippen LogP contribution in [0.4, 0.5) is 4.39 Å².